The number of nitrogens with zero attached hydrogens (tertiary/aromatic N) is 2. The number of carboxylic acids is 1. The minimum absolute atomic E-state index is 0.0122. The Morgan fingerprint density at radius 3 is 2.35 bits per heavy atom. The zero-order valence-electron chi connectivity index (χ0n) is 20.0. The fourth-order valence-corrected chi connectivity index (χ4v) is 3.99. The minimum Gasteiger partial charge on any atom is -0.497 e. The normalized spacial score (nSPS) is 12.4. The fraction of sp³-hybridized carbons (Fsp3) is 0.222. The van der Waals surface area contributed by atoms with E-state index >= 15 is 0 Å². The van der Waals surface area contributed by atoms with Crippen LogP contribution in [0, 0.1) is 0 Å². The highest BCUT2D eigenvalue weighted by Crippen LogP contribution is 2.35. The lowest BCUT2D eigenvalue weighted by atomic mass is 10.0. The summed E-state index contributed by atoms with van der Waals surface area (Å²) in [5.41, 5.74) is 0.822. The molecule has 37 heavy (non-hydrogen) atoms. The molecule has 1 heterocycles. The molecule has 4 aromatic rings. The van der Waals surface area contributed by atoms with E-state index in [0.717, 1.165) is 16.8 Å². The van der Waals surface area contributed by atoms with Crippen molar-refractivity contribution in [3.05, 3.63) is 83.6 Å². The largest absolute Gasteiger partial charge is 0.497 e. The zero-order chi connectivity index (χ0) is 26.7. The molecule has 2 N–H and O–H groups in total. The highest BCUT2D eigenvalue weighted by molar-refractivity contribution is 5.94. The summed E-state index contributed by atoms with van der Waals surface area (Å²) in [6.45, 7) is 1.71. The van der Waals surface area contributed by atoms with Crippen molar-refractivity contribution < 1.29 is 32.6 Å². The van der Waals surface area contributed by atoms with Gasteiger partial charge in [0.05, 0.1) is 25.3 Å². The van der Waals surface area contributed by atoms with Gasteiger partial charge in [-0.25, -0.2) is 0 Å². The van der Waals surface area contributed by atoms with Gasteiger partial charge in [-0.1, -0.05) is 30.3 Å². The second-order valence-corrected chi connectivity index (χ2v) is 8.48. The lowest BCUT2D eigenvalue weighted by Gasteiger charge is -2.17. The molecule has 10 heteroatoms. The van der Waals surface area contributed by atoms with Gasteiger partial charge in [-0.2, -0.15) is 18.3 Å². The summed E-state index contributed by atoms with van der Waals surface area (Å²) in [4.78, 5) is 22.8. The van der Waals surface area contributed by atoms with Gasteiger partial charge in [-0.05, 0) is 59.7 Å². The number of amides is 1. The quantitative estimate of drug-likeness (QED) is 0.324. The van der Waals surface area contributed by atoms with Gasteiger partial charge in [0, 0.05) is 17.7 Å². The van der Waals surface area contributed by atoms with Gasteiger partial charge in [0.1, 0.15) is 5.75 Å². The maximum absolute atomic E-state index is 13.6. The third-order valence-electron chi connectivity index (χ3n) is 6.02. The highest BCUT2D eigenvalue weighted by Gasteiger charge is 2.35. The van der Waals surface area contributed by atoms with Gasteiger partial charge in [0.25, 0.3) is 5.91 Å². The SMILES string of the molecule is COc1ccc2cc(-c3cc(C(F)(F)F)nn3[C@@H](C)c3ccc(C(=O)NCCC(=O)O)cc3)ccc2c1. The number of hydrogen-bond donors (Lipinski definition) is 2. The average molecular weight is 512 g/mol. The first-order valence-corrected chi connectivity index (χ1v) is 11.4. The van der Waals surface area contributed by atoms with E-state index in [-0.39, 0.29) is 13.0 Å². The van der Waals surface area contributed by atoms with Crippen LogP contribution in [0.15, 0.2) is 66.7 Å². The lowest BCUT2D eigenvalue weighted by Crippen LogP contribution is -2.26. The molecule has 0 fully saturated rings. The van der Waals surface area contributed by atoms with Crippen LogP contribution in [0.4, 0.5) is 13.2 Å². The van der Waals surface area contributed by atoms with Crippen LogP contribution >= 0.6 is 0 Å². The molecule has 7 nitrogen and oxygen atoms in total. The third kappa shape index (κ3) is 5.74. The molecule has 0 spiro atoms. The number of fused-ring (bicyclic) bond motifs is 1. The second-order valence-electron chi connectivity index (χ2n) is 8.48. The van der Waals surface area contributed by atoms with Crippen molar-refractivity contribution in [3.8, 4) is 17.0 Å². The molecule has 0 saturated heterocycles. The fourth-order valence-electron chi connectivity index (χ4n) is 3.99. The van der Waals surface area contributed by atoms with E-state index in [1.54, 1.807) is 56.5 Å². The maximum atomic E-state index is 13.6. The number of carbonyl (C=O) groups excluding carboxylic acids is 1. The lowest BCUT2D eigenvalue weighted by molar-refractivity contribution is -0.141. The standard InChI is InChI=1S/C27H24F3N3O4/c1-16(17-3-5-18(6-4-17)26(36)31-12-11-25(34)35)33-23(15-24(32-33)27(28,29)30)21-8-7-20-14-22(37-2)10-9-19(20)13-21/h3-10,13-16H,11-12H2,1-2H3,(H,31,36)(H,34,35)/t16-/m0/s1. The van der Waals surface area contributed by atoms with Crippen LogP contribution in [-0.2, 0) is 11.0 Å². The van der Waals surface area contributed by atoms with Crippen LogP contribution in [0.1, 0.15) is 41.0 Å². The Kier molecular flexibility index (Phi) is 7.19. The van der Waals surface area contributed by atoms with E-state index in [4.69, 9.17) is 9.84 Å². The number of carbonyl (C=O) groups is 2. The summed E-state index contributed by atoms with van der Waals surface area (Å²) in [5.74, 6) is -0.784. The molecule has 0 aliphatic rings. The highest BCUT2D eigenvalue weighted by atomic mass is 19.4. The van der Waals surface area contributed by atoms with Crippen molar-refractivity contribution >= 4 is 22.6 Å². The van der Waals surface area contributed by atoms with Gasteiger partial charge in [0.2, 0.25) is 0 Å². The average Bonchev–Trinajstić information content (AvgIpc) is 3.34. The Labute approximate surface area is 210 Å². The Balaban J connectivity index is 1.67. The Morgan fingerprint density at radius 2 is 1.70 bits per heavy atom. The summed E-state index contributed by atoms with van der Waals surface area (Å²) in [6.07, 6.45) is -4.82. The van der Waals surface area contributed by atoms with Crippen molar-refractivity contribution in [2.45, 2.75) is 25.6 Å². The minimum atomic E-state index is -4.62. The van der Waals surface area contributed by atoms with Crippen molar-refractivity contribution in [3.63, 3.8) is 0 Å². The summed E-state index contributed by atoms with van der Waals surface area (Å²) in [6, 6.07) is 17.7. The molecule has 0 aliphatic heterocycles. The van der Waals surface area contributed by atoms with Crippen LogP contribution in [0.5, 0.6) is 5.75 Å². The first-order valence-electron chi connectivity index (χ1n) is 11.4. The van der Waals surface area contributed by atoms with Gasteiger partial charge in [-0.3, -0.25) is 14.3 Å². The summed E-state index contributed by atoms with van der Waals surface area (Å²) in [5, 5.41) is 16.8. The molecule has 1 atom stereocenters. The molecule has 0 radical (unpaired) electrons. The van der Waals surface area contributed by atoms with Crippen molar-refractivity contribution in [2.75, 3.05) is 13.7 Å². The third-order valence-corrected chi connectivity index (χ3v) is 6.02. The molecule has 0 unspecified atom stereocenters. The maximum Gasteiger partial charge on any atom is 0.435 e. The molecule has 1 amide bonds. The Hall–Kier alpha value is -4.34. The summed E-state index contributed by atoms with van der Waals surface area (Å²) in [7, 11) is 1.56. The molecule has 0 saturated carbocycles. The van der Waals surface area contributed by atoms with Gasteiger partial charge in [0.15, 0.2) is 5.69 Å². The van der Waals surface area contributed by atoms with Crippen LogP contribution in [0.25, 0.3) is 22.0 Å². The van der Waals surface area contributed by atoms with Crippen molar-refractivity contribution in [1.29, 1.82) is 0 Å². The first-order chi connectivity index (χ1) is 17.6. The molecule has 4 rings (SSSR count). The van der Waals surface area contributed by atoms with E-state index < -0.39 is 29.8 Å². The number of rotatable bonds is 8. The topological polar surface area (TPSA) is 93.5 Å². The van der Waals surface area contributed by atoms with Crippen LogP contribution in [0.3, 0.4) is 0 Å². The molecular formula is C27H24F3N3O4. The number of aromatic nitrogens is 2. The number of ether oxygens (including phenoxy) is 1. The summed E-state index contributed by atoms with van der Waals surface area (Å²) < 4.78 is 47.4. The number of alkyl halides is 3. The predicted octanol–water partition coefficient (Wildman–Crippen LogP) is 5.54. The monoisotopic (exact) mass is 511 g/mol. The zero-order valence-corrected chi connectivity index (χ0v) is 20.0. The first kappa shape index (κ1) is 25.7. The van der Waals surface area contributed by atoms with Crippen LogP contribution < -0.4 is 10.1 Å². The van der Waals surface area contributed by atoms with Crippen molar-refractivity contribution in [1.82, 2.24) is 15.1 Å². The van der Waals surface area contributed by atoms with Gasteiger partial charge in [-0.15, -0.1) is 0 Å². The van der Waals surface area contributed by atoms with Gasteiger partial charge < -0.3 is 15.2 Å². The number of aliphatic carboxylic acids is 1. The van der Waals surface area contributed by atoms with E-state index in [1.165, 1.54) is 4.68 Å². The van der Waals surface area contributed by atoms with E-state index in [2.05, 4.69) is 10.4 Å². The Morgan fingerprint density at radius 1 is 1.03 bits per heavy atom. The summed E-state index contributed by atoms with van der Waals surface area (Å²) >= 11 is 0. The van der Waals surface area contributed by atoms with E-state index in [9.17, 15) is 22.8 Å². The molecule has 0 bridgehead atoms. The smallest absolute Gasteiger partial charge is 0.435 e. The number of methoxy groups -OCH3 is 1. The number of hydrogen-bond acceptors (Lipinski definition) is 4. The number of nitrogens with one attached hydrogen (secondary N) is 1. The second kappa shape index (κ2) is 10.3. The molecule has 3 aromatic carbocycles. The Bertz CT molecular complexity index is 1450. The molecular weight excluding hydrogens is 487 g/mol. The number of halogens is 3. The molecule has 192 valence electrons. The predicted molar refractivity (Wildman–Crippen MR) is 132 cm³/mol. The van der Waals surface area contributed by atoms with E-state index in [1.807, 2.05) is 18.2 Å². The molecule has 1 aromatic heterocycles. The van der Waals surface area contributed by atoms with Crippen molar-refractivity contribution in [2.24, 2.45) is 0 Å². The van der Waals surface area contributed by atoms with Crippen LogP contribution in [-0.4, -0.2) is 40.4 Å². The number of benzene rings is 3. The molecule has 0 aliphatic carbocycles. The van der Waals surface area contributed by atoms with Crippen LogP contribution in [0.2, 0.25) is 0 Å². The van der Waals surface area contributed by atoms with Gasteiger partial charge >= 0.3 is 12.1 Å². The van der Waals surface area contributed by atoms with E-state index in [0.29, 0.717) is 28.1 Å². The number of carboxylic acid groups (broad SMARTS) is 1.